The fourth-order valence-corrected chi connectivity index (χ4v) is 2.55. The van der Waals surface area contributed by atoms with Gasteiger partial charge in [-0.25, -0.2) is 4.68 Å². The molecule has 1 aromatic carbocycles. The Kier molecular flexibility index (Phi) is 6.48. The monoisotopic (exact) mass is 285 g/mol. The van der Waals surface area contributed by atoms with E-state index in [2.05, 4.69) is 48.5 Å². The SMILES string of the molecule is CCCCC(CC)CNCc1ccc(-n2cccn2)cc1. The van der Waals surface area contributed by atoms with E-state index in [0.29, 0.717) is 0 Å². The van der Waals surface area contributed by atoms with Crippen LogP contribution in [0.4, 0.5) is 0 Å². The van der Waals surface area contributed by atoms with Crippen LogP contribution < -0.4 is 5.32 Å². The van der Waals surface area contributed by atoms with Gasteiger partial charge < -0.3 is 5.32 Å². The highest BCUT2D eigenvalue weighted by atomic mass is 15.3. The number of nitrogens with zero attached hydrogens (tertiary/aromatic N) is 2. The molecule has 0 spiro atoms. The van der Waals surface area contributed by atoms with Gasteiger partial charge in [-0.15, -0.1) is 0 Å². The average Bonchev–Trinajstić information content (AvgIpc) is 3.05. The van der Waals surface area contributed by atoms with Crippen LogP contribution in [0.15, 0.2) is 42.7 Å². The fraction of sp³-hybridized carbons (Fsp3) is 0.500. The summed E-state index contributed by atoms with van der Waals surface area (Å²) in [6.45, 7) is 6.63. The molecule has 1 atom stereocenters. The van der Waals surface area contributed by atoms with Crippen molar-refractivity contribution in [2.45, 2.75) is 46.1 Å². The van der Waals surface area contributed by atoms with Crippen molar-refractivity contribution in [1.82, 2.24) is 15.1 Å². The number of hydrogen-bond acceptors (Lipinski definition) is 2. The van der Waals surface area contributed by atoms with Crippen LogP contribution in [0.2, 0.25) is 0 Å². The van der Waals surface area contributed by atoms with Crippen LogP contribution in [0, 0.1) is 5.92 Å². The molecule has 0 aliphatic heterocycles. The summed E-state index contributed by atoms with van der Waals surface area (Å²) in [7, 11) is 0. The Hall–Kier alpha value is -1.61. The maximum absolute atomic E-state index is 4.24. The lowest BCUT2D eigenvalue weighted by atomic mass is 9.99. The van der Waals surface area contributed by atoms with Crippen LogP contribution in [-0.4, -0.2) is 16.3 Å². The summed E-state index contributed by atoms with van der Waals surface area (Å²) in [5, 5.41) is 7.84. The van der Waals surface area contributed by atoms with E-state index in [9.17, 15) is 0 Å². The van der Waals surface area contributed by atoms with Crippen LogP contribution in [-0.2, 0) is 6.54 Å². The van der Waals surface area contributed by atoms with E-state index in [0.717, 1.165) is 24.7 Å². The lowest BCUT2D eigenvalue weighted by Gasteiger charge is -2.15. The molecule has 2 aromatic rings. The van der Waals surface area contributed by atoms with Crippen LogP contribution in [0.1, 0.15) is 45.1 Å². The predicted molar refractivity (Wildman–Crippen MR) is 88.6 cm³/mol. The summed E-state index contributed by atoms with van der Waals surface area (Å²) in [5.74, 6) is 0.813. The highest BCUT2D eigenvalue weighted by molar-refractivity contribution is 5.33. The highest BCUT2D eigenvalue weighted by Gasteiger charge is 2.05. The number of nitrogens with one attached hydrogen (secondary N) is 1. The average molecular weight is 285 g/mol. The molecule has 21 heavy (non-hydrogen) atoms. The molecule has 114 valence electrons. The maximum Gasteiger partial charge on any atom is 0.0645 e. The summed E-state index contributed by atoms with van der Waals surface area (Å²) in [6, 6.07) is 10.5. The molecule has 0 radical (unpaired) electrons. The zero-order valence-corrected chi connectivity index (χ0v) is 13.3. The molecule has 0 amide bonds. The second kappa shape index (κ2) is 8.63. The number of hydrogen-bond donors (Lipinski definition) is 1. The maximum atomic E-state index is 4.24. The molecular formula is C18H27N3. The van der Waals surface area contributed by atoms with Gasteiger partial charge in [0.2, 0.25) is 0 Å². The molecule has 2 rings (SSSR count). The lowest BCUT2D eigenvalue weighted by Crippen LogP contribution is -2.22. The second-order valence-electron chi connectivity index (χ2n) is 5.66. The third-order valence-electron chi connectivity index (χ3n) is 4.01. The first-order valence-corrected chi connectivity index (χ1v) is 8.13. The van der Waals surface area contributed by atoms with Crippen molar-refractivity contribution in [2.75, 3.05) is 6.54 Å². The van der Waals surface area contributed by atoms with E-state index in [-0.39, 0.29) is 0 Å². The Morgan fingerprint density at radius 3 is 2.62 bits per heavy atom. The van der Waals surface area contributed by atoms with Gasteiger partial charge in [0.15, 0.2) is 0 Å². The molecule has 3 nitrogen and oxygen atoms in total. The van der Waals surface area contributed by atoms with Gasteiger partial charge in [-0.3, -0.25) is 0 Å². The van der Waals surface area contributed by atoms with Gasteiger partial charge in [0.1, 0.15) is 0 Å². The largest absolute Gasteiger partial charge is 0.312 e. The van der Waals surface area contributed by atoms with E-state index < -0.39 is 0 Å². The van der Waals surface area contributed by atoms with Crippen molar-refractivity contribution in [2.24, 2.45) is 5.92 Å². The van der Waals surface area contributed by atoms with Crippen LogP contribution in [0.5, 0.6) is 0 Å². The quantitative estimate of drug-likeness (QED) is 0.749. The van der Waals surface area contributed by atoms with E-state index in [1.807, 2.05) is 16.9 Å². The van der Waals surface area contributed by atoms with Gasteiger partial charge in [-0.1, -0.05) is 45.2 Å². The normalized spacial score (nSPS) is 12.5. The topological polar surface area (TPSA) is 29.9 Å². The summed E-state index contributed by atoms with van der Waals surface area (Å²) < 4.78 is 1.88. The molecule has 1 heterocycles. The van der Waals surface area contributed by atoms with Crippen molar-refractivity contribution in [3.63, 3.8) is 0 Å². The molecule has 1 unspecified atom stereocenters. The number of aromatic nitrogens is 2. The molecule has 0 fully saturated rings. The van der Waals surface area contributed by atoms with Crippen molar-refractivity contribution in [3.8, 4) is 5.69 Å². The Bertz CT molecular complexity index is 488. The third kappa shape index (κ3) is 5.01. The van der Waals surface area contributed by atoms with Crippen LogP contribution in [0.3, 0.4) is 0 Å². The Morgan fingerprint density at radius 1 is 1.19 bits per heavy atom. The highest BCUT2D eigenvalue weighted by Crippen LogP contribution is 2.12. The molecule has 0 bridgehead atoms. The molecule has 0 saturated carbocycles. The van der Waals surface area contributed by atoms with Gasteiger partial charge in [0.05, 0.1) is 5.69 Å². The summed E-state index contributed by atoms with van der Waals surface area (Å²) in [5.41, 5.74) is 2.44. The first kappa shape index (κ1) is 15.8. The Labute approximate surface area is 128 Å². The van der Waals surface area contributed by atoms with Gasteiger partial charge in [0.25, 0.3) is 0 Å². The van der Waals surface area contributed by atoms with Crippen molar-refractivity contribution < 1.29 is 0 Å². The van der Waals surface area contributed by atoms with E-state index >= 15 is 0 Å². The number of unbranched alkanes of at least 4 members (excludes halogenated alkanes) is 1. The summed E-state index contributed by atoms with van der Waals surface area (Å²) in [4.78, 5) is 0. The minimum Gasteiger partial charge on any atom is -0.312 e. The first-order chi connectivity index (χ1) is 10.3. The fourth-order valence-electron chi connectivity index (χ4n) is 2.55. The zero-order chi connectivity index (χ0) is 14.9. The zero-order valence-electron chi connectivity index (χ0n) is 13.3. The van der Waals surface area contributed by atoms with Crippen LogP contribution >= 0.6 is 0 Å². The van der Waals surface area contributed by atoms with Gasteiger partial charge in [-0.05, 0) is 42.6 Å². The summed E-state index contributed by atoms with van der Waals surface area (Å²) in [6.07, 6.45) is 9.02. The van der Waals surface area contributed by atoms with Gasteiger partial charge in [-0.2, -0.15) is 5.10 Å². The Morgan fingerprint density at radius 2 is 2.00 bits per heavy atom. The minimum absolute atomic E-state index is 0.813. The first-order valence-electron chi connectivity index (χ1n) is 8.13. The number of benzene rings is 1. The predicted octanol–water partition coefficient (Wildman–Crippen LogP) is 4.18. The van der Waals surface area contributed by atoms with Crippen LogP contribution in [0.25, 0.3) is 5.69 Å². The number of rotatable bonds is 9. The van der Waals surface area contributed by atoms with Crippen molar-refractivity contribution in [1.29, 1.82) is 0 Å². The minimum atomic E-state index is 0.813. The molecule has 0 saturated heterocycles. The van der Waals surface area contributed by atoms with Gasteiger partial charge >= 0.3 is 0 Å². The Balaban J connectivity index is 1.78. The molecule has 0 aliphatic rings. The van der Waals surface area contributed by atoms with Crippen molar-refractivity contribution >= 4 is 0 Å². The van der Waals surface area contributed by atoms with E-state index in [4.69, 9.17) is 0 Å². The lowest BCUT2D eigenvalue weighted by molar-refractivity contribution is 0.419. The third-order valence-corrected chi connectivity index (χ3v) is 4.01. The summed E-state index contributed by atoms with van der Waals surface area (Å²) >= 11 is 0. The van der Waals surface area contributed by atoms with Gasteiger partial charge in [0, 0.05) is 18.9 Å². The second-order valence-corrected chi connectivity index (χ2v) is 5.66. The van der Waals surface area contributed by atoms with E-state index in [1.165, 1.54) is 31.2 Å². The van der Waals surface area contributed by atoms with Crippen molar-refractivity contribution in [3.05, 3.63) is 48.3 Å². The molecular weight excluding hydrogens is 258 g/mol. The molecule has 1 aromatic heterocycles. The van der Waals surface area contributed by atoms with E-state index in [1.54, 1.807) is 6.20 Å². The molecule has 1 N–H and O–H groups in total. The standard InChI is InChI=1S/C18H27N3/c1-3-5-7-16(4-2)14-19-15-17-8-10-18(11-9-17)21-13-6-12-20-21/h6,8-13,16,19H,3-5,7,14-15H2,1-2H3. The smallest absolute Gasteiger partial charge is 0.0645 e. The molecule has 3 heteroatoms. The molecule has 0 aliphatic carbocycles.